The van der Waals surface area contributed by atoms with E-state index >= 15 is 0 Å². The molecule has 1 N–H and O–H groups in total. The fourth-order valence-corrected chi connectivity index (χ4v) is 3.71. The van der Waals surface area contributed by atoms with Gasteiger partial charge in [0.15, 0.2) is 0 Å². The lowest BCUT2D eigenvalue weighted by Crippen LogP contribution is -2.49. The largest absolute Gasteiger partial charge is 0.395 e. The van der Waals surface area contributed by atoms with Crippen LogP contribution in [0.1, 0.15) is 17.3 Å². The second-order valence-corrected chi connectivity index (χ2v) is 5.92. The summed E-state index contributed by atoms with van der Waals surface area (Å²) in [5.74, 6) is 0. The first-order chi connectivity index (χ1) is 10.4. The summed E-state index contributed by atoms with van der Waals surface area (Å²) in [7, 11) is 0. The third-order valence-electron chi connectivity index (χ3n) is 4.73. The van der Waals surface area contributed by atoms with E-state index in [4.69, 9.17) is 0 Å². The zero-order valence-corrected chi connectivity index (χ0v) is 12.2. The van der Waals surface area contributed by atoms with Crippen molar-refractivity contribution < 1.29 is 5.11 Å². The van der Waals surface area contributed by atoms with Crippen LogP contribution in [-0.2, 0) is 6.54 Å². The van der Waals surface area contributed by atoms with E-state index in [0.717, 1.165) is 32.7 Å². The van der Waals surface area contributed by atoms with Crippen molar-refractivity contribution in [3.05, 3.63) is 53.9 Å². The van der Waals surface area contributed by atoms with E-state index < -0.39 is 0 Å². The van der Waals surface area contributed by atoms with Gasteiger partial charge in [-0.05, 0) is 23.8 Å². The van der Waals surface area contributed by atoms with Crippen LogP contribution in [0.25, 0.3) is 0 Å². The lowest BCUT2D eigenvalue weighted by atomic mass is 10.1. The summed E-state index contributed by atoms with van der Waals surface area (Å²) in [5.41, 5.74) is 4.15. The van der Waals surface area contributed by atoms with Gasteiger partial charge in [0.2, 0.25) is 0 Å². The molecule has 0 spiro atoms. The molecule has 1 atom stereocenters. The topological polar surface area (TPSA) is 31.6 Å². The lowest BCUT2D eigenvalue weighted by Gasteiger charge is -2.42. The first-order valence-corrected chi connectivity index (χ1v) is 7.69. The smallest absolute Gasteiger partial charge is 0.0821 e. The molecule has 2 aliphatic rings. The molecule has 1 aromatic carbocycles. The Morgan fingerprint density at radius 3 is 2.90 bits per heavy atom. The van der Waals surface area contributed by atoms with E-state index in [0.29, 0.717) is 6.04 Å². The van der Waals surface area contributed by atoms with Crippen LogP contribution in [0.5, 0.6) is 0 Å². The van der Waals surface area contributed by atoms with Gasteiger partial charge in [-0.25, -0.2) is 0 Å². The number of hydrogen-bond donors (Lipinski definition) is 1. The average molecular weight is 283 g/mol. The van der Waals surface area contributed by atoms with Crippen LogP contribution >= 0.6 is 0 Å². The molecule has 0 saturated carbocycles. The molecule has 0 amide bonds. The van der Waals surface area contributed by atoms with Crippen molar-refractivity contribution >= 4 is 5.69 Å². The van der Waals surface area contributed by atoms with E-state index in [2.05, 4.69) is 57.0 Å². The number of aliphatic hydroxyl groups excluding tert-OH is 1. The van der Waals surface area contributed by atoms with E-state index in [1.54, 1.807) is 0 Å². The Balaban J connectivity index is 1.77. The number of aromatic nitrogens is 1. The van der Waals surface area contributed by atoms with Crippen molar-refractivity contribution in [2.24, 2.45) is 0 Å². The van der Waals surface area contributed by atoms with Crippen molar-refractivity contribution in [1.29, 1.82) is 0 Å². The molecule has 1 fully saturated rings. The summed E-state index contributed by atoms with van der Waals surface area (Å²) >= 11 is 0. The van der Waals surface area contributed by atoms with Crippen LogP contribution in [0.3, 0.4) is 0 Å². The highest BCUT2D eigenvalue weighted by Gasteiger charge is 2.32. The maximum Gasteiger partial charge on any atom is 0.0821 e. The Morgan fingerprint density at radius 2 is 2.00 bits per heavy atom. The number of aliphatic hydroxyl groups is 1. The first kappa shape index (κ1) is 12.9. The number of piperazine rings is 1. The van der Waals surface area contributed by atoms with Gasteiger partial charge in [-0.1, -0.05) is 18.2 Å². The molecule has 21 heavy (non-hydrogen) atoms. The summed E-state index contributed by atoms with van der Waals surface area (Å²) in [6, 6.07) is 13.5. The highest BCUT2D eigenvalue weighted by molar-refractivity contribution is 5.57. The van der Waals surface area contributed by atoms with Crippen LogP contribution < -0.4 is 4.90 Å². The number of β-amino-alcohol motifs (C(OH)–C–C–N with tert-alkyl or cyclic N) is 1. The van der Waals surface area contributed by atoms with Crippen molar-refractivity contribution in [2.75, 3.05) is 37.7 Å². The number of para-hydroxylation sites is 1. The minimum Gasteiger partial charge on any atom is -0.395 e. The van der Waals surface area contributed by atoms with E-state index in [1.165, 1.54) is 16.9 Å². The molecular formula is C17H21N3O. The van der Waals surface area contributed by atoms with Crippen molar-refractivity contribution in [3.8, 4) is 0 Å². The molecule has 0 radical (unpaired) electrons. The van der Waals surface area contributed by atoms with Crippen LogP contribution in [0.4, 0.5) is 5.69 Å². The molecule has 3 heterocycles. The van der Waals surface area contributed by atoms with Crippen molar-refractivity contribution in [1.82, 2.24) is 9.47 Å². The minimum absolute atomic E-state index is 0.240. The maximum atomic E-state index is 9.22. The van der Waals surface area contributed by atoms with Gasteiger partial charge in [-0.2, -0.15) is 0 Å². The normalized spacial score (nSPS) is 21.4. The molecule has 4 rings (SSSR count). The predicted octanol–water partition coefficient (Wildman–Crippen LogP) is 1.71. The third kappa shape index (κ3) is 2.15. The van der Waals surface area contributed by atoms with E-state index in [-0.39, 0.29) is 6.61 Å². The Morgan fingerprint density at radius 1 is 1.10 bits per heavy atom. The van der Waals surface area contributed by atoms with Gasteiger partial charge in [0.05, 0.1) is 12.6 Å². The summed E-state index contributed by atoms with van der Waals surface area (Å²) in [6.07, 6.45) is 2.18. The van der Waals surface area contributed by atoms with Gasteiger partial charge in [0.25, 0.3) is 0 Å². The number of nitrogens with zero attached hydrogens (tertiary/aromatic N) is 3. The number of rotatable bonds is 2. The molecular weight excluding hydrogens is 262 g/mol. The zero-order valence-electron chi connectivity index (χ0n) is 12.2. The fourth-order valence-electron chi connectivity index (χ4n) is 3.71. The third-order valence-corrected chi connectivity index (χ3v) is 4.73. The molecule has 1 saturated heterocycles. The lowest BCUT2D eigenvalue weighted by molar-refractivity contribution is 0.169. The predicted molar refractivity (Wildman–Crippen MR) is 83.6 cm³/mol. The van der Waals surface area contributed by atoms with Crippen LogP contribution in [0, 0.1) is 0 Å². The molecule has 1 aromatic heterocycles. The highest BCUT2D eigenvalue weighted by atomic mass is 16.3. The Kier molecular flexibility index (Phi) is 3.20. The quantitative estimate of drug-likeness (QED) is 0.910. The Labute approximate surface area is 125 Å². The number of fused-ring (bicyclic) bond motifs is 5. The second-order valence-electron chi connectivity index (χ2n) is 5.92. The SMILES string of the molecule is OCCN1CCN2c3ccccc3Cn3cccc3C2C1. The minimum atomic E-state index is 0.240. The molecule has 4 nitrogen and oxygen atoms in total. The number of anilines is 1. The van der Waals surface area contributed by atoms with Gasteiger partial charge in [0, 0.05) is 50.3 Å². The Bertz CT molecular complexity index is 636. The van der Waals surface area contributed by atoms with Crippen LogP contribution in [0.2, 0.25) is 0 Å². The van der Waals surface area contributed by atoms with Gasteiger partial charge in [-0.3, -0.25) is 4.90 Å². The van der Waals surface area contributed by atoms with Crippen LogP contribution in [0.15, 0.2) is 42.6 Å². The summed E-state index contributed by atoms with van der Waals surface area (Å²) < 4.78 is 2.37. The maximum absolute atomic E-state index is 9.22. The fraction of sp³-hybridized carbons (Fsp3) is 0.412. The summed E-state index contributed by atoms with van der Waals surface area (Å²) in [6.45, 7) is 4.99. The van der Waals surface area contributed by atoms with Gasteiger partial charge >= 0.3 is 0 Å². The summed E-state index contributed by atoms with van der Waals surface area (Å²) in [5, 5.41) is 9.22. The Hall–Kier alpha value is -1.78. The van der Waals surface area contributed by atoms with E-state index in [9.17, 15) is 5.11 Å². The molecule has 2 aliphatic heterocycles. The van der Waals surface area contributed by atoms with Gasteiger partial charge in [-0.15, -0.1) is 0 Å². The molecule has 1 unspecified atom stereocenters. The van der Waals surface area contributed by atoms with Crippen molar-refractivity contribution in [2.45, 2.75) is 12.6 Å². The molecule has 0 aliphatic carbocycles. The highest BCUT2D eigenvalue weighted by Crippen LogP contribution is 2.36. The molecule has 2 aromatic rings. The van der Waals surface area contributed by atoms with Gasteiger partial charge in [0.1, 0.15) is 0 Å². The second kappa shape index (κ2) is 5.20. The standard InChI is InChI=1S/C17H21N3O/c21-11-10-18-8-9-20-15-5-2-1-4-14(15)12-19-7-3-6-16(19)17(20)13-18/h1-7,17,21H,8-13H2. The van der Waals surface area contributed by atoms with Gasteiger partial charge < -0.3 is 14.6 Å². The van der Waals surface area contributed by atoms with E-state index in [1.807, 2.05) is 0 Å². The monoisotopic (exact) mass is 283 g/mol. The van der Waals surface area contributed by atoms with Crippen LogP contribution in [-0.4, -0.2) is 47.4 Å². The number of hydrogen-bond acceptors (Lipinski definition) is 3. The molecule has 0 bridgehead atoms. The average Bonchev–Trinajstić information content (AvgIpc) is 2.92. The first-order valence-electron chi connectivity index (χ1n) is 7.69. The summed E-state index contributed by atoms with van der Waals surface area (Å²) in [4.78, 5) is 4.91. The number of benzene rings is 1. The molecule has 4 heteroatoms. The van der Waals surface area contributed by atoms with Crippen molar-refractivity contribution in [3.63, 3.8) is 0 Å². The molecule has 110 valence electrons. The zero-order chi connectivity index (χ0) is 14.2.